The van der Waals surface area contributed by atoms with E-state index < -0.39 is 11.9 Å². The number of hydrogen-bond acceptors (Lipinski definition) is 4. The van der Waals surface area contributed by atoms with Crippen LogP contribution in [0.5, 0.6) is 0 Å². The lowest BCUT2D eigenvalue weighted by atomic mass is 10.2. The molecule has 0 radical (unpaired) electrons. The molecule has 0 saturated heterocycles. The highest BCUT2D eigenvalue weighted by atomic mass is 16.4. The van der Waals surface area contributed by atoms with Crippen LogP contribution < -0.4 is 5.32 Å². The minimum Gasteiger partial charge on any atom is -0.478 e. The van der Waals surface area contributed by atoms with E-state index in [2.05, 4.69) is 10.3 Å². The summed E-state index contributed by atoms with van der Waals surface area (Å²) in [5.74, 6) is -1.50. The first kappa shape index (κ1) is 17.6. The van der Waals surface area contributed by atoms with E-state index >= 15 is 0 Å². The van der Waals surface area contributed by atoms with Gasteiger partial charge >= 0.3 is 5.97 Å². The molecule has 1 aromatic rings. The maximum Gasteiger partial charge on any atom is 0.335 e. The second-order valence-corrected chi connectivity index (χ2v) is 4.66. The fourth-order valence-corrected chi connectivity index (χ4v) is 1.95. The quantitative estimate of drug-likeness (QED) is 0.702. The van der Waals surface area contributed by atoms with Crippen molar-refractivity contribution in [2.24, 2.45) is 0 Å². The van der Waals surface area contributed by atoms with Crippen LogP contribution in [0.3, 0.4) is 0 Å². The van der Waals surface area contributed by atoms with Crippen LogP contribution in [0.15, 0.2) is 18.3 Å². The number of nitrogens with one attached hydrogen (secondary N) is 1. The zero-order chi connectivity index (χ0) is 16.5. The van der Waals surface area contributed by atoms with Crippen LogP contribution in [0.4, 0.5) is 0 Å². The van der Waals surface area contributed by atoms with Crippen LogP contribution in [0, 0.1) is 0 Å². The lowest BCUT2D eigenvalue weighted by Gasteiger charge is -2.18. The third kappa shape index (κ3) is 5.16. The van der Waals surface area contributed by atoms with E-state index in [1.165, 1.54) is 18.3 Å². The zero-order valence-corrected chi connectivity index (χ0v) is 12.8. The van der Waals surface area contributed by atoms with Gasteiger partial charge in [-0.05, 0) is 32.4 Å². The summed E-state index contributed by atoms with van der Waals surface area (Å²) in [5, 5.41) is 11.5. The predicted molar refractivity (Wildman–Crippen MR) is 80.7 cm³/mol. The van der Waals surface area contributed by atoms with Crippen molar-refractivity contribution < 1.29 is 19.5 Å². The van der Waals surface area contributed by atoms with Crippen molar-refractivity contribution in [3.8, 4) is 0 Å². The van der Waals surface area contributed by atoms with E-state index in [4.69, 9.17) is 5.11 Å². The number of aromatic nitrogens is 1. The molecule has 7 nitrogen and oxygen atoms in total. The molecule has 1 rings (SSSR count). The number of pyridine rings is 1. The number of carbonyl (C=O) groups excluding carboxylic acids is 2. The summed E-state index contributed by atoms with van der Waals surface area (Å²) in [6, 6.07) is 2.54. The highest BCUT2D eigenvalue weighted by molar-refractivity contribution is 5.95. The minimum atomic E-state index is -1.11. The van der Waals surface area contributed by atoms with Crippen molar-refractivity contribution in [2.75, 3.05) is 19.6 Å². The molecule has 0 atom stereocenters. The van der Waals surface area contributed by atoms with Crippen LogP contribution >= 0.6 is 0 Å². The van der Waals surface area contributed by atoms with Gasteiger partial charge in [-0.3, -0.25) is 14.6 Å². The second kappa shape index (κ2) is 8.76. The van der Waals surface area contributed by atoms with Gasteiger partial charge in [0.1, 0.15) is 5.69 Å². The third-order valence-electron chi connectivity index (χ3n) is 3.21. The molecule has 0 aliphatic carbocycles. The van der Waals surface area contributed by atoms with Gasteiger partial charge in [-0.25, -0.2) is 4.79 Å². The minimum absolute atomic E-state index is 0.0110. The van der Waals surface area contributed by atoms with Gasteiger partial charge in [-0.1, -0.05) is 0 Å². The maximum absolute atomic E-state index is 11.8. The number of hydrogen-bond donors (Lipinski definition) is 2. The number of carboxylic acid groups (broad SMARTS) is 1. The lowest BCUT2D eigenvalue weighted by molar-refractivity contribution is -0.130. The zero-order valence-electron chi connectivity index (χ0n) is 12.8. The fraction of sp³-hybridized carbons (Fsp3) is 0.467. The van der Waals surface area contributed by atoms with Gasteiger partial charge in [-0.15, -0.1) is 0 Å². The Morgan fingerprint density at radius 1 is 1.27 bits per heavy atom. The first-order valence-corrected chi connectivity index (χ1v) is 7.24. The van der Waals surface area contributed by atoms with Crippen molar-refractivity contribution in [3.63, 3.8) is 0 Å². The molecule has 2 amide bonds. The van der Waals surface area contributed by atoms with E-state index in [1.807, 2.05) is 13.8 Å². The van der Waals surface area contributed by atoms with Crippen LogP contribution in [0.1, 0.15) is 47.5 Å². The van der Waals surface area contributed by atoms with Crippen molar-refractivity contribution >= 4 is 17.8 Å². The smallest absolute Gasteiger partial charge is 0.335 e. The molecule has 0 saturated carbocycles. The molecular formula is C15H21N3O4. The van der Waals surface area contributed by atoms with Crippen LogP contribution in [-0.2, 0) is 4.79 Å². The van der Waals surface area contributed by atoms with E-state index in [9.17, 15) is 14.4 Å². The summed E-state index contributed by atoms with van der Waals surface area (Å²) in [6.45, 7) is 5.53. The number of nitrogens with zero attached hydrogens (tertiary/aromatic N) is 2. The number of amides is 2. The standard InChI is InChI=1S/C15H21N3O4/c1-3-18(4-2)13(19)6-5-8-17-14(20)12-10-11(15(21)22)7-9-16-12/h7,9-10H,3-6,8H2,1-2H3,(H,17,20)(H,21,22). The molecule has 0 aliphatic heterocycles. The Kier molecular flexibility index (Phi) is 7.01. The fourth-order valence-electron chi connectivity index (χ4n) is 1.95. The highest BCUT2D eigenvalue weighted by Crippen LogP contribution is 2.02. The summed E-state index contributed by atoms with van der Waals surface area (Å²) in [4.78, 5) is 40.0. The number of aromatic carboxylic acids is 1. The van der Waals surface area contributed by atoms with E-state index in [-0.39, 0.29) is 17.2 Å². The molecule has 0 aromatic carbocycles. The van der Waals surface area contributed by atoms with E-state index in [1.54, 1.807) is 4.90 Å². The topological polar surface area (TPSA) is 99.6 Å². The molecule has 0 bridgehead atoms. The normalized spacial score (nSPS) is 10.1. The average molecular weight is 307 g/mol. The van der Waals surface area contributed by atoms with E-state index in [0.29, 0.717) is 32.5 Å². The van der Waals surface area contributed by atoms with Crippen molar-refractivity contribution in [2.45, 2.75) is 26.7 Å². The Morgan fingerprint density at radius 2 is 1.95 bits per heavy atom. The lowest BCUT2D eigenvalue weighted by Crippen LogP contribution is -2.31. The monoisotopic (exact) mass is 307 g/mol. The molecule has 7 heteroatoms. The number of carboxylic acids is 1. The molecule has 0 fully saturated rings. The van der Waals surface area contributed by atoms with Gasteiger partial charge in [0.25, 0.3) is 5.91 Å². The van der Waals surface area contributed by atoms with Gasteiger partial charge in [0.05, 0.1) is 5.56 Å². The molecule has 2 N–H and O–H groups in total. The summed E-state index contributed by atoms with van der Waals surface area (Å²) >= 11 is 0. The Bertz CT molecular complexity index is 541. The molecule has 0 aliphatic rings. The van der Waals surface area contributed by atoms with Gasteiger partial charge < -0.3 is 15.3 Å². The van der Waals surface area contributed by atoms with Gasteiger partial charge in [-0.2, -0.15) is 0 Å². The highest BCUT2D eigenvalue weighted by Gasteiger charge is 2.12. The Balaban J connectivity index is 2.42. The third-order valence-corrected chi connectivity index (χ3v) is 3.21. The number of rotatable bonds is 8. The Hall–Kier alpha value is -2.44. The van der Waals surface area contributed by atoms with Gasteiger partial charge in [0.2, 0.25) is 5.91 Å². The average Bonchev–Trinajstić information content (AvgIpc) is 2.52. The number of carbonyl (C=O) groups is 3. The summed E-state index contributed by atoms with van der Waals surface area (Å²) in [7, 11) is 0. The summed E-state index contributed by atoms with van der Waals surface area (Å²) < 4.78 is 0. The van der Waals surface area contributed by atoms with Crippen molar-refractivity contribution in [1.82, 2.24) is 15.2 Å². The first-order chi connectivity index (χ1) is 10.5. The Labute approximate surface area is 129 Å². The molecule has 22 heavy (non-hydrogen) atoms. The van der Waals surface area contributed by atoms with Gasteiger partial charge in [0, 0.05) is 32.3 Å². The van der Waals surface area contributed by atoms with Crippen LogP contribution in [0.25, 0.3) is 0 Å². The molecule has 0 spiro atoms. The molecule has 120 valence electrons. The molecule has 1 heterocycles. The molecule has 1 aromatic heterocycles. The predicted octanol–water partition coefficient (Wildman–Crippen LogP) is 1.16. The van der Waals surface area contributed by atoms with Crippen LogP contribution in [0.2, 0.25) is 0 Å². The SMILES string of the molecule is CCN(CC)C(=O)CCCNC(=O)c1cc(C(=O)O)ccn1. The second-order valence-electron chi connectivity index (χ2n) is 4.66. The molecular weight excluding hydrogens is 286 g/mol. The van der Waals surface area contributed by atoms with Crippen LogP contribution in [-0.4, -0.2) is 52.4 Å². The maximum atomic E-state index is 11.8. The largest absolute Gasteiger partial charge is 0.478 e. The van der Waals surface area contributed by atoms with Gasteiger partial charge in [0.15, 0.2) is 0 Å². The van der Waals surface area contributed by atoms with Crippen molar-refractivity contribution in [1.29, 1.82) is 0 Å². The first-order valence-electron chi connectivity index (χ1n) is 7.24. The Morgan fingerprint density at radius 3 is 2.55 bits per heavy atom. The summed E-state index contributed by atoms with van der Waals surface area (Å²) in [6.07, 6.45) is 2.17. The molecule has 0 unspecified atom stereocenters. The van der Waals surface area contributed by atoms with E-state index in [0.717, 1.165) is 0 Å². The summed E-state index contributed by atoms with van der Waals surface area (Å²) in [5.41, 5.74) is 0.0619. The van der Waals surface area contributed by atoms with Crippen molar-refractivity contribution in [3.05, 3.63) is 29.6 Å².